The zero-order valence-corrected chi connectivity index (χ0v) is 23.1. The zero-order chi connectivity index (χ0) is 26.3. The molecule has 1 atom stereocenters. The van der Waals surface area contributed by atoms with Gasteiger partial charge in [-0.05, 0) is 41.5 Å². The molecule has 0 radical (unpaired) electrons. The van der Waals surface area contributed by atoms with E-state index in [4.69, 9.17) is 11.6 Å². The van der Waals surface area contributed by atoms with Crippen molar-refractivity contribution in [1.29, 1.82) is 0 Å². The van der Waals surface area contributed by atoms with Gasteiger partial charge in [-0.3, -0.25) is 13.9 Å². The molecule has 0 bridgehead atoms. The normalized spacial score (nSPS) is 12.0. The predicted molar refractivity (Wildman–Crippen MR) is 146 cm³/mol. The molecule has 0 aliphatic rings. The van der Waals surface area contributed by atoms with Crippen LogP contribution in [0.5, 0.6) is 0 Å². The van der Waals surface area contributed by atoms with Crippen LogP contribution in [-0.2, 0) is 32.6 Å². The standard InChI is InChI=1S/C26H27BrClN3O4S/c1-29-26(33)24(15-19-8-4-3-5-9-19)30(17-20-10-6-11-21(27)14-20)25(32)18-31(36(2,34)35)23-13-7-12-22(28)16-23/h3-14,16,24H,15,17-18H2,1-2H3,(H,29,33)/t24-/m1/s1. The smallest absolute Gasteiger partial charge is 0.244 e. The summed E-state index contributed by atoms with van der Waals surface area (Å²) in [5.74, 6) is -0.874. The van der Waals surface area contributed by atoms with Gasteiger partial charge in [0.1, 0.15) is 12.6 Å². The topological polar surface area (TPSA) is 86.8 Å². The molecule has 3 rings (SSSR count). The minimum absolute atomic E-state index is 0.107. The third-order valence-electron chi connectivity index (χ3n) is 5.53. The van der Waals surface area contributed by atoms with Crippen molar-refractivity contribution in [2.45, 2.75) is 19.0 Å². The number of benzene rings is 3. The molecule has 0 saturated heterocycles. The second-order valence-corrected chi connectivity index (χ2v) is 11.5. The van der Waals surface area contributed by atoms with Crippen LogP contribution in [0.15, 0.2) is 83.3 Å². The van der Waals surface area contributed by atoms with Crippen molar-refractivity contribution in [3.63, 3.8) is 0 Å². The minimum Gasteiger partial charge on any atom is -0.357 e. The number of nitrogens with one attached hydrogen (secondary N) is 1. The number of hydrogen-bond acceptors (Lipinski definition) is 4. The van der Waals surface area contributed by atoms with E-state index in [1.165, 1.54) is 18.0 Å². The Bertz CT molecular complexity index is 1320. The number of hydrogen-bond donors (Lipinski definition) is 1. The summed E-state index contributed by atoms with van der Waals surface area (Å²) < 4.78 is 27.2. The highest BCUT2D eigenvalue weighted by molar-refractivity contribution is 9.10. The van der Waals surface area contributed by atoms with Crippen molar-refractivity contribution < 1.29 is 18.0 Å². The molecule has 3 aromatic rings. The van der Waals surface area contributed by atoms with Gasteiger partial charge in [-0.15, -0.1) is 0 Å². The van der Waals surface area contributed by atoms with E-state index in [9.17, 15) is 18.0 Å². The monoisotopic (exact) mass is 591 g/mol. The van der Waals surface area contributed by atoms with Gasteiger partial charge in [0.25, 0.3) is 0 Å². The van der Waals surface area contributed by atoms with Crippen LogP contribution >= 0.6 is 27.5 Å². The highest BCUT2D eigenvalue weighted by Crippen LogP contribution is 2.23. The lowest BCUT2D eigenvalue weighted by Gasteiger charge is -2.33. The fourth-order valence-corrected chi connectivity index (χ4v) is 5.27. The van der Waals surface area contributed by atoms with Gasteiger partial charge >= 0.3 is 0 Å². The van der Waals surface area contributed by atoms with Crippen LogP contribution < -0.4 is 9.62 Å². The Morgan fingerprint density at radius 2 is 1.64 bits per heavy atom. The summed E-state index contributed by atoms with van der Waals surface area (Å²) in [4.78, 5) is 28.3. The molecule has 0 aliphatic carbocycles. The Labute approximate surface area is 225 Å². The van der Waals surface area contributed by atoms with E-state index >= 15 is 0 Å². The molecule has 10 heteroatoms. The maximum absolute atomic E-state index is 13.8. The molecule has 1 N–H and O–H groups in total. The first-order valence-electron chi connectivity index (χ1n) is 11.1. The maximum Gasteiger partial charge on any atom is 0.244 e. The summed E-state index contributed by atoms with van der Waals surface area (Å²) >= 11 is 9.53. The summed E-state index contributed by atoms with van der Waals surface area (Å²) in [5.41, 5.74) is 1.92. The number of sulfonamides is 1. The van der Waals surface area contributed by atoms with E-state index in [1.807, 2.05) is 54.6 Å². The van der Waals surface area contributed by atoms with Crippen molar-refractivity contribution in [2.24, 2.45) is 0 Å². The second kappa shape index (κ2) is 12.4. The molecule has 0 heterocycles. The average molecular weight is 593 g/mol. The van der Waals surface area contributed by atoms with Crippen molar-refractivity contribution in [2.75, 3.05) is 24.2 Å². The molecule has 0 aliphatic heterocycles. The van der Waals surface area contributed by atoms with Gasteiger partial charge < -0.3 is 10.2 Å². The molecule has 7 nitrogen and oxygen atoms in total. The number of anilines is 1. The summed E-state index contributed by atoms with van der Waals surface area (Å²) in [6.07, 6.45) is 1.29. The molecule has 190 valence electrons. The molecule has 0 fully saturated rings. The van der Waals surface area contributed by atoms with Gasteiger partial charge in [-0.25, -0.2) is 8.42 Å². The van der Waals surface area contributed by atoms with Crippen molar-refractivity contribution >= 4 is 55.1 Å². The minimum atomic E-state index is -3.83. The molecule has 0 unspecified atom stereocenters. The van der Waals surface area contributed by atoms with Gasteiger partial charge in [-0.1, -0.05) is 76.1 Å². The quantitative estimate of drug-likeness (QED) is 0.381. The van der Waals surface area contributed by atoms with Crippen LogP contribution in [-0.4, -0.2) is 51.0 Å². The Kier molecular flexibility index (Phi) is 9.53. The number of nitrogens with zero attached hydrogens (tertiary/aromatic N) is 2. The molecule has 2 amide bonds. The van der Waals surface area contributed by atoms with Gasteiger partial charge in [0.15, 0.2) is 0 Å². The van der Waals surface area contributed by atoms with Crippen LogP contribution in [0.25, 0.3) is 0 Å². The van der Waals surface area contributed by atoms with Crippen molar-refractivity contribution in [3.8, 4) is 0 Å². The maximum atomic E-state index is 13.8. The number of amides is 2. The summed E-state index contributed by atoms with van der Waals surface area (Å²) in [7, 11) is -2.32. The molecule has 3 aromatic carbocycles. The first kappa shape index (κ1) is 27.7. The number of carbonyl (C=O) groups excluding carboxylic acids is 2. The van der Waals surface area contributed by atoms with Gasteiger partial charge in [0.2, 0.25) is 21.8 Å². The molecule has 0 saturated carbocycles. The van der Waals surface area contributed by atoms with E-state index in [0.29, 0.717) is 5.02 Å². The summed E-state index contributed by atoms with van der Waals surface area (Å²) in [6, 6.07) is 22.2. The van der Waals surface area contributed by atoms with Crippen LogP contribution in [0.1, 0.15) is 11.1 Å². The van der Waals surface area contributed by atoms with Gasteiger partial charge in [0.05, 0.1) is 11.9 Å². The fraction of sp³-hybridized carbons (Fsp3) is 0.231. The second-order valence-electron chi connectivity index (χ2n) is 8.22. The highest BCUT2D eigenvalue weighted by Gasteiger charge is 2.32. The highest BCUT2D eigenvalue weighted by atomic mass is 79.9. The number of rotatable bonds is 10. The Balaban J connectivity index is 2.03. The molecule has 0 aromatic heterocycles. The number of carbonyl (C=O) groups is 2. The van der Waals surface area contributed by atoms with E-state index in [0.717, 1.165) is 26.2 Å². The van der Waals surface area contributed by atoms with E-state index in [-0.39, 0.29) is 24.6 Å². The lowest BCUT2D eigenvalue weighted by molar-refractivity contribution is -0.139. The lowest BCUT2D eigenvalue weighted by Crippen LogP contribution is -2.52. The lowest BCUT2D eigenvalue weighted by atomic mass is 10.0. The van der Waals surface area contributed by atoms with Crippen LogP contribution in [0.4, 0.5) is 5.69 Å². The van der Waals surface area contributed by atoms with E-state index in [1.54, 1.807) is 18.2 Å². The van der Waals surface area contributed by atoms with Crippen molar-refractivity contribution in [1.82, 2.24) is 10.2 Å². The molecule has 36 heavy (non-hydrogen) atoms. The Morgan fingerprint density at radius 3 is 2.25 bits per heavy atom. The Hall–Kier alpha value is -2.88. The zero-order valence-electron chi connectivity index (χ0n) is 19.9. The molecular formula is C26H27BrClN3O4S. The van der Waals surface area contributed by atoms with Crippen LogP contribution in [0.2, 0.25) is 5.02 Å². The SMILES string of the molecule is CNC(=O)[C@@H](Cc1ccccc1)N(Cc1cccc(Br)c1)C(=O)CN(c1cccc(Cl)c1)S(C)(=O)=O. The first-order valence-corrected chi connectivity index (χ1v) is 14.1. The third-order valence-corrected chi connectivity index (χ3v) is 7.40. The summed E-state index contributed by atoms with van der Waals surface area (Å²) in [6.45, 7) is -0.383. The van der Waals surface area contributed by atoms with Gasteiger partial charge in [-0.2, -0.15) is 0 Å². The largest absolute Gasteiger partial charge is 0.357 e. The summed E-state index contributed by atoms with van der Waals surface area (Å²) in [5, 5.41) is 2.99. The van der Waals surface area contributed by atoms with Crippen LogP contribution in [0.3, 0.4) is 0 Å². The third kappa shape index (κ3) is 7.56. The average Bonchev–Trinajstić information content (AvgIpc) is 2.84. The fourth-order valence-electron chi connectivity index (χ4n) is 3.80. The van der Waals surface area contributed by atoms with E-state index in [2.05, 4.69) is 21.2 Å². The predicted octanol–water partition coefficient (Wildman–Crippen LogP) is 4.25. The van der Waals surface area contributed by atoms with Crippen LogP contribution in [0, 0.1) is 0 Å². The van der Waals surface area contributed by atoms with E-state index < -0.39 is 28.5 Å². The number of likely N-dealkylation sites (N-methyl/N-ethyl adjacent to an activating group) is 1. The Morgan fingerprint density at radius 1 is 0.972 bits per heavy atom. The van der Waals surface area contributed by atoms with Crippen molar-refractivity contribution in [3.05, 3.63) is 99.5 Å². The van der Waals surface area contributed by atoms with Gasteiger partial charge in [0, 0.05) is 29.5 Å². The number of halogens is 2. The first-order chi connectivity index (χ1) is 17.1. The molecular weight excluding hydrogens is 566 g/mol. The molecule has 0 spiro atoms.